The summed E-state index contributed by atoms with van der Waals surface area (Å²) in [7, 11) is 0. The van der Waals surface area contributed by atoms with Crippen LogP contribution in [-0.4, -0.2) is 0 Å². The van der Waals surface area contributed by atoms with Gasteiger partial charge in [-0.2, -0.15) is 0 Å². The zero-order chi connectivity index (χ0) is 10.1. The summed E-state index contributed by atoms with van der Waals surface area (Å²) in [4.78, 5) is 0. The standard InChI is InChI=1S/C15H22/c1-2-6-12(5-1)15-10-9-13-7-3-4-8-14(13)11-15/h5,11,13-14H,1-4,6-10H2. The van der Waals surface area contributed by atoms with E-state index in [4.69, 9.17) is 0 Å². The van der Waals surface area contributed by atoms with Crippen molar-refractivity contribution in [1.29, 1.82) is 0 Å². The molecule has 0 aromatic carbocycles. The highest BCUT2D eigenvalue weighted by atomic mass is 14.3. The molecular formula is C15H22. The average molecular weight is 202 g/mol. The van der Waals surface area contributed by atoms with Gasteiger partial charge in [0.05, 0.1) is 0 Å². The Morgan fingerprint density at radius 1 is 0.867 bits per heavy atom. The first-order valence-corrected chi connectivity index (χ1v) is 6.83. The zero-order valence-electron chi connectivity index (χ0n) is 9.67. The van der Waals surface area contributed by atoms with Crippen molar-refractivity contribution < 1.29 is 0 Å². The van der Waals surface area contributed by atoms with E-state index in [1.54, 1.807) is 11.1 Å². The highest BCUT2D eigenvalue weighted by Gasteiger charge is 2.28. The SMILES string of the molecule is C1=C(C2=CC3CCCCC3CC2)CCC1. The quantitative estimate of drug-likeness (QED) is 0.582. The maximum atomic E-state index is 2.66. The van der Waals surface area contributed by atoms with E-state index in [9.17, 15) is 0 Å². The summed E-state index contributed by atoms with van der Waals surface area (Å²) >= 11 is 0. The van der Waals surface area contributed by atoms with Gasteiger partial charge >= 0.3 is 0 Å². The Kier molecular flexibility index (Phi) is 2.68. The predicted octanol–water partition coefficient (Wildman–Crippen LogP) is 4.62. The molecule has 15 heavy (non-hydrogen) atoms. The highest BCUT2D eigenvalue weighted by molar-refractivity contribution is 5.35. The van der Waals surface area contributed by atoms with Crippen molar-refractivity contribution in [2.75, 3.05) is 0 Å². The predicted molar refractivity (Wildman–Crippen MR) is 64.7 cm³/mol. The Balaban J connectivity index is 1.77. The van der Waals surface area contributed by atoms with Gasteiger partial charge in [0, 0.05) is 0 Å². The molecule has 0 amide bonds. The van der Waals surface area contributed by atoms with E-state index in [1.165, 1.54) is 57.8 Å². The van der Waals surface area contributed by atoms with Gasteiger partial charge in [0.2, 0.25) is 0 Å². The summed E-state index contributed by atoms with van der Waals surface area (Å²) in [5.41, 5.74) is 3.44. The summed E-state index contributed by atoms with van der Waals surface area (Å²) in [6, 6.07) is 0. The van der Waals surface area contributed by atoms with Crippen LogP contribution >= 0.6 is 0 Å². The molecule has 0 radical (unpaired) electrons. The first-order chi connectivity index (χ1) is 7.43. The number of allylic oxidation sites excluding steroid dienone is 4. The lowest BCUT2D eigenvalue weighted by Gasteiger charge is -2.34. The van der Waals surface area contributed by atoms with Gasteiger partial charge in [-0.3, -0.25) is 0 Å². The zero-order valence-corrected chi connectivity index (χ0v) is 9.67. The second-order valence-corrected chi connectivity index (χ2v) is 5.56. The van der Waals surface area contributed by atoms with Crippen LogP contribution in [0.3, 0.4) is 0 Å². The normalized spacial score (nSPS) is 35.7. The molecule has 1 fully saturated rings. The van der Waals surface area contributed by atoms with E-state index in [1.807, 2.05) is 0 Å². The van der Waals surface area contributed by atoms with E-state index in [2.05, 4.69) is 12.2 Å². The maximum absolute atomic E-state index is 2.66. The second kappa shape index (κ2) is 4.15. The minimum Gasteiger partial charge on any atom is -0.0810 e. The molecule has 3 rings (SSSR count). The third kappa shape index (κ3) is 1.91. The van der Waals surface area contributed by atoms with E-state index < -0.39 is 0 Å². The van der Waals surface area contributed by atoms with Crippen LogP contribution in [0.5, 0.6) is 0 Å². The number of rotatable bonds is 1. The van der Waals surface area contributed by atoms with Crippen molar-refractivity contribution in [3.63, 3.8) is 0 Å². The van der Waals surface area contributed by atoms with Gasteiger partial charge in [-0.1, -0.05) is 25.0 Å². The lowest BCUT2D eigenvalue weighted by Crippen LogP contribution is -2.21. The Morgan fingerprint density at radius 2 is 1.80 bits per heavy atom. The van der Waals surface area contributed by atoms with Crippen molar-refractivity contribution in [2.45, 2.75) is 57.8 Å². The van der Waals surface area contributed by atoms with Gasteiger partial charge in [0.25, 0.3) is 0 Å². The van der Waals surface area contributed by atoms with Crippen LogP contribution < -0.4 is 0 Å². The van der Waals surface area contributed by atoms with E-state index >= 15 is 0 Å². The molecule has 0 heterocycles. The molecule has 0 heteroatoms. The van der Waals surface area contributed by atoms with Crippen LogP contribution in [0.15, 0.2) is 23.3 Å². The van der Waals surface area contributed by atoms with Gasteiger partial charge in [-0.05, 0) is 67.9 Å². The molecule has 0 N–H and O–H groups in total. The number of hydrogen-bond donors (Lipinski definition) is 0. The summed E-state index contributed by atoms with van der Waals surface area (Å²) in [6.07, 6.45) is 18.1. The first kappa shape index (κ1) is 9.69. The smallest absolute Gasteiger partial charge is 0.0199 e. The maximum Gasteiger partial charge on any atom is -0.0199 e. The molecule has 0 aliphatic heterocycles. The minimum absolute atomic E-state index is 0.948. The minimum atomic E-state index is 0.948. The Labute approximate surface area is 93.5 Å². The average Bonchev–Trinajstić information content (AvgIpc) is 2.82. The topological polar surface area (TPSA) is 0 Å². The van der Waals surface area contributed by atoms with Gasteiger partial charge in [0.15, 0.2) is 0 Å². The molecule has 0 spiro atoms. The molecule has 3 aliphatic carbocycles. The van der Waals surface area contributed by atoms with E-state index in [0.717, 1.165) is 11.8 Å². The molecular weight excluding hydrogens is 180 g/mol. The fourth-order valence-electron chi connectivity index (χ4n) is 3.73. The van der Waals surface area contributed by atoms with Crippen LogP contribution in [0, 0.1) is 11.8 Å². The Morgan fingerprint density at radius 3 is 2.67 bits per heavy atom. The van der Waals surface area contributed by atoms with Gasteiger partial charge < -0.3 is 0 Å². The van der Waals surface area contributed by atoms with Gasteiger partial charge in [-0.15, -0.1) is 0 Å². The van der Waals surface area contributed by atoms with E-state index in [-0.39, 0.29) is 0 Å². The lowest BCUT2D eigenvalue weighted by molar-refractivity contribution is 0.256. The van der Waals surface area contributed by atoms with Gasteiger partial charge in [0.1, 0.15) is 0 Å². The Bertz CT molecular complexity index is 295. The van der Waals surface area contributed by atoms with Crippen LogP contribution in [0.25, 0.3) is 0 Å². The largest absolute Gasteiger partial charge is 0.0810 e. The molecule has 82 valence electrons. The van der Waals surface area contributed by atoms with Crippen molar-refractivity contribution in [2.24, 2.45) is 11.8 Å². The molecule has 0 aromatic rings. The third-order valence-corrected chi connectivity index (χ3v) is 4.62. The number of fused-ring (bicyclic) bond motifs is 1. The molecule has 3 aliphatic rings. The molecule has 0 saturated heterocycles. The molecule has 0 bridgehead atoms. The van der Waals surface area contributed by atoms with Crippen molar-refractivity contribution in [3.05, 3.63) is 23.3 Å². The van der Waals surface area contributed by atoms with Crippen LogP contribution in [0.1, 0.15) is 57.8 Å². The molecule has 0 aromatic heterocycles. The summed E-state index contributed by atoms with van der Waals surface area (Å²) < 4.78 is 0. The highest BCUT2D eigenvalue weighted by Crippen LogP contribution is 2.42. The van der Waals surface area contributed by atoms with E-state index in [0.29, 0.717) is 0 Å². The first-order valence-electron chi connectivity index (χ1n) is 6.83. The summed E-state index contributed by atoms with van der Waals surface area (Å²) in [6.45, 7) is 0. The summed E-state index contributed by atoms with van der Waals surface area (Å²) in [5.74, 6) is 1.99. The Hall–Kier alpha value is -0.520. The van der Waals surface area contributed by atoms with Crippen LogP contribution in [-0.2, 0) is 0 Å². The lowest BCUT2D eigenvalue weighted by atomic mass is 9.71. The second-order valence-electron chi connectivity index (χ2n) is 5.56. The molecule has 2 unspecified atom stereocenters. The van der Waals surface area contributed by atoms with Gasteiger partial charge in [-0.25, -0.2) is 0 Å². The van der Waals surface area contributed by atoms with Crippen LogP contribution in [0.4, 0.5) is 0 Å². The number of hydrogen-bond acceptors (Lipinski definition) is 0. The molecule has 1 saturated carbocycles. The molecule has 0 nitrogen and oxygen atoms in total. The van der Waals surface area contributed by atoms with Crippen molar-refractivity contribution >= 4 is 0 Å². The van der Waals surface area contributed by atoms with Crippen molar-refractivity contribution in [1.82, 2.24) is 0 Å². The fourth-order valence-corrected chi connectivity index (χ4v) is 3.73. The monoisotopic (exact) mass is 202 g/mol. The third-order valence-electron chi connectivity index (χ3n) is 4.62. The van der Waals surface area contributed by atoms with Crippen molar-refractivity contribution in [3.8, 4) is 0 Å². The molecule has 2 atom stereocenters. The summed E-state index contributed by atoms with van der Waals surface area (Å²) in [5, 5.41) is 0. The van der Waals surface area contributed by atoms with Crippen LogP contribution in [0.2, 0.25) is 0 Å². The fraction of sp³-hybridized carbons (Fsp3) is 0.733.